The molecular formula is C14H20F2O3. The number of hydrogen-bond donors (Lipinski definition) is 0. The number of Topliss-reactive ketones (excluding diaryl/α,β-unsaturated/α-hetero) is 3. The Morgan fingerprint density at radius 2 is 1.74 bits per heavy atom. The number of alkyl halides is 2. The Labute approximate surface area is 111 Å². The zero-order chi connectivity index (χ0) is 14.7. The molecule has 0 aromatic carbocycles. The Hall–Kier alpha value is -1.13. The van der Waals surface area contributed by atoms with Crippen molar-refractivity contribution in [3.8, 4) is 0 Å². The number of carbonyl (C=O) groups is 3. The van der Waals surface area contributed by atoms with Crippen molar-refractivity contribution in [1.29, 1.82) is 0 Å². The van der Waals surface area contributed by atoms with Gasteiger partial charge in [-0.2, -0.15) is 0 Å². The normalized spacial score (nSPS) is 19.6. The van der Waals surface area contributed by atoms with E-state index in [-0.39, 0.29) is 36.6 Å². The Bertz CT molecular complexity index is 380. The molecule has 3 nitrogen and oxygen atoms in total. The van der Waals surface area contributed by atoms with Gasteiger partial charge < -0.3 is 0 Å². The number of rotatable bonds is 8. The van der Waals surface area contributed by atoms with E-state index < -0.39 is 24.2 Å². The van der Waals surface area contributed by atoms with Crippen LogP contribution in [0.4, 0.5) is 8.78 Å². The van der Waals surface area contributed by atoms with Crippen LogP contribution >= 0.6 is 0 Å². The van der Waals surface area contributed by atoms with Gasteiger partial charge in [0.15, 0.2) is 0 Å². The van der Waals surface area contributed by atoms with E-state index in [2.05, 4.69) is 0 Å². The van der Waals surface area contributed by atoms with Crippen LogP contribution in [0.2, 0.25) is 0 Å². The summed E-state index contributed by atoms with van der Waals surface area (Å²) in [6, 6.07) is 0. The number of hydrogen-bond acceptors (Lipinski definition) is 3. The van der Waals surface area contributed by atoms with Gasteiger partial charge in [-0.1, -0.05) is 6.92 Å². The maximum atomic E-state index is 13.0. The summed E-state index contributed by atoms with van der Waals surface area (Å²) in [5.41, 5.74) is -0.936. The van der Waals surface area contributed by atoms with Crippen LogP contribution in [-0.4, -0.2) is 23.3 Å². The molecule has 0 heterocycles. The lowest BCUT2D eigenvalue weighted by atomic mass is 9.60. The third-order valence-corrected chi connectivity index (χ3v) is 3.66. The molecule has 1 aliphatic carbocycles. The number of halogens is 2. The largest absolute Gasteiger partial charge is 0.300 e. The lowest BCUT2D eigenvalue weighted by Gasteiger charge is -2.46. The molecule has 0 atom stereocenters. The van der Waals surface area contributed by atoms with Gasteiger partial charge in [0.05, 0.1) is 6.42 Å². The van der Waals surface area contributed by atoms with Gasteiger partial charge in [0.1, 0.15) is 17.3 Å². The molecule has 0 amide bonds. The minimum absolute atomic E-state index is 0.106. The van der Waals surface area contributed by atoms with Gasteiger partial charge in [0, 0.05) is 31.1 Å². The molecule has 0 aromatic rings. The molecule has 0 saturated heterocycles. The number of carbonyl (C=O) groups excluding carboxylic acids is 3. The average molecular weight is 274 g/mol. The predicted octanol–water partition coefficient (Wildman–Crippen LogP) is 3.10. The van der Waals surface area contributed by atoms with E-state index in [1.165, 1.54) is 6.92 Å². The molecular weight excluding hydrogens is 254 g/mol. The highest BCUT2D eigenvalue weighted by Gasteiger charge is 2.59. The monoisotopic (exact) mass is 274 g/mol. The van der Waals surface area contributed by atoms with E-state index in [4.69, 9.17) is 0 Å². The van der Waals surface area contributed by atoms with Crippen molar-refractivity contribution in [2.75, 3.05) is 0 Å². The highest BCUT2D eigenvalue weighted by atomic mass is 19.3. The van der Waals surface area contributed by atoms with Crippen molar-refractivity contribution in [3.05, 3.63) is 0 Å². The van der Waals surface area contributed by atoms with Crippen molar-refractivity contribution in [1.82, 2.24) is 0 Å². The van der Waals surface area contributed by atoms with Crippen LogP contribution in [0.25, 0.3) is 0 Å². The van der Waals surface area contributed by atoms with Crippen molar-refractivity contribution in [2.45, 2.75) is 64.7 Å². The van der Waals surface area contributed by atoms with Gasteiger partial charge in [0.2, 0.25) is 5.92 Å². The second kappa shape index (κ2) is 5.88. The molecule has 1 aliphatic rings. The molecule has 0 unspecified atom stereocenters. The van der Waals surface area contributed by atoms with Gasteiger partial charge in [-0.25, -0.2) is 8.78 Å². The minimum Gasteiger partial charge on any atom is -0.300 e. The van der Waals surface area contributed by atoms with Gasteiger partial charge in [-0.15, -0.1) is 0 Å². The lowest BCUT2D eigenvalue weighted by Crippen LogP contribution is -2.50. The molecule has 0 aromatic heterocycles. The third kappa shape index (κ3) is 4.18. The molecule has 0 bridgehead atoms. The molecule has 0 spiro atoms. The first kappa shape index (κ1) is 15.9. The third-order valence-electron chi connectivity index (χ3n) is 3.66. The van der Waals surface area contributed by atoms with Crippen molar-refractivity contribution < 1.29 is 23.2 Å². The molecule has 1 saturated carbocycles. The molecule has 0 N–H and O–H groups in total. The summed E-state index contributed by atoms with van der Waals surface area (Å²) in [5.74, 6) is -3.26. The Kier molecular flexibility index (Phi) is 4.93. The number of ketones is 3. The first-order chi connectivity index (χ1) is 8.71. The van der Waals surface area contributed by atoms with E-state index in [0.717, 1.165) is 0 Å². The lowest BCUT2D eigenvalue weighted by molar-refractivity contribution is -0.179. The first-order valence-corrected chi connectivity index (χ1v) is 6.63. The van der Waals surface area contributed by atoms with Crippen molar-refractivity contribution in [3.63, 3.8) is 0 Å². The van der Waals surface area contributed by atoms with Gasteiger partial charge >= 0.3 is 0 Å². The fourth-order valence-electron chi connectivity index (χ4n) is 2.82. The predicted molar refractivity (Wildman–Crippen MR) is 66.1 cm³/mol. The highest BCUT2D eigenvalue weighted by molar-refractivity contribution is 5.97. The fourth-order valence-corrected chi connectivity index (χ4v) is 2.82. The first-order valence-electron chi connectivity index (χ1n) is 6.63. The molecule has 108 valence electrons. The summed E-state index contributed by atoms with van der Waals surface area (Å²) in [7, 11) is 0. The molecule has 1 rings (SSSR count). The van der Waals surface area contributed by atoms with Crippen molar-refractivity contribution >= 4 is 17.3 Å². The summed E-state index contributed by atoms with van der Waals surface area (Å²) in [4.78, 5) is 33.9. The van der Waals surface area contributed by atoms with Crippen LogP contribution in [0.3, 0.4) is 0 Å². The smallest absolute Gasteiger partial charge is 0.250 e. The van der Waals surface area contributed by atoms with Crippen LogP contribution in [0.5, 0.6) is 0 Å². The van der Waals surface area contributed by atoms with E-state index in [1.54, 1.807) is 6.92 Å². The van der Waals surface area contributed by atoms with E-state index >= 15 is 0 Å². The van der Waals surface area contributed by atoms with Crippen LogP contribution in [0, 0.1) is 5.41 Å². The second-order valence-electron chi connectivity index (χ2n) is 5.54. The van der Waals surface area contributed by atoms with E-state index in [1.807, 2.05) is 0 Å². The summed E-state index contributed by atoms with van der Waals surface area (Å²) in [5, 5.41) is 0. The zero-order valence-corrected chi connectivity index (χ0v) is 11.4. The fraction of sp³-hybridized carbons (Fsp3) is 0.786. The summed E-state index contributed by atoms with van der Waals surface area (Å²) in [6.07, 6.45) is 0.250. The van der Waals surface area contributed by atoms with Gasteiger partial charge in [-0.3, -0.25) is 14.4 Å². The minimum atomic E-state index is -2.74. The molecule has 0 radical (unpaired) electrons. The van der Waals surface area contributed by atoms with Crippen molar-refractivity contribution in [2.24, 2.45) is 5.41 Å². The highest BCUT2D eigenvalue weighted by Crippen LogP contribution is 2.55. The SMILES string of the molecule is CCC(=O)C1(CCCC(=O)CC(C)=O)CC(F)(F)C1. The average Bonchev–Trinajstić information content (AvgIpc) is 2.23. The van der Waals surface area contributed by atoms with Gasteiger partial charge in [-0.05, 0) is 19.8 Å². The van der Waals surface area contributed by atoms with Crippen LogP contribution in [0.15, 0.2) is 0 Å². The summed E-state index contributed by atoms with van der Waals surface area (Å²) in [6.45, 7) is 3.01. The Morgan fingerprint density at radius 3 is 2.16 bits per heavy atom. The second-order valence-corrected chi connectivity index (χ2v) is 5.54. The maximum Gasteiger partial charge on any atom is 0.250 e. The molecule has 0 aliphatic heterocycles. The van der Waals surface area contributed by atoms with Crippen LogP contribution in [-0.2, 0) is 14.4 Å². The standard InChI is InChI=1S/C14H20F2O3/c1-3-12(19)13(8-14(15,16)9-13)6-4-5-11(18)7-10(2)17/h3-9H2,1-2H3. The molecule has 19 heavy (non-hydrogen) atoms. The summed E-state index contributed by atoms with van der Waals surface area (Å²) < 4.78 is 26.0. The topological polar surface area (TPSA) is 51.2 Å². The molecule has 5 heteroatoms. The Morgan fingerprint density at radius 1 is 1.16 bits per heavy atom. The van der Waals surface area contributed by atoms with Crippen LogP contribution in [0.1, 0.15) is 58.8 Å². The van der Waals surface area contributed by atoms with E-state index in [9.17, 15) is 23.2 Å². The maximum absolute atomic E-state index is 13.0. The zero-order valence-electron chi connectivity index (χ0n) is 11.4. The Balaban J connectivity index is 2.46. The summed E-state index contributed by atoms with van der Waals surface area (Å²) >= 11 is 0. The molecule has 1 fully saturated rings. The van der Waals surface area contributed by atoms with Crippen LogP contribution < -0.4 is 0 Å². The quantitative estimate of drug-likeness (QED) is 0.639. The van der Waals surface area contributed by atoms with E-state index in [0.29, 0.717) is 12.8 Å². The van der Waals surface area contributed by atoms with Gasteiger partial charge in [0.25, 0.3) is 0 Å².